The van der Waals surface area contributed by atoms with E-state index in [2.05, 4.69) is 142 Å². The van der Waals surface area contributed by atoms with Gasteiger partial charge in [-0.1, -0.05) is 0 Å². The number of hydrogen-bond acceptors (Lipinski definition) is 2. The summed E-state index contributed by atoms with van der Waals surface area (Å²) in [5, 5.41) is 0.338. The van der Waals surface area contributed by atoms with Gasteiger partial charge in [-0.15, -0.1) is 0 Å². The minimum atomic E-state index is -2.30. The molecule has 2 atom stereocenters. The van der Waals surface area contributed by atoms with Gasteiger partial charge in [0.2, 0.25) is 0 Å². The van der Waals surface area contributed by atoms with Crippen LogP contribution in [-0.4, -0.2) is 22.6 Å². The maximum atomic E-state index is 7.25. The predicted molar refractivity (Wildman–Crippen MR) is 170 cm³/mol. The van der Waals surface area contributed by atoms with E-state index in [-0.39, 0.29) is 34.9 Å². The Morgan fingerprint density at radius 2 is 0.950 bits per heavy atom. The molecule has 0 unspecified atom stereocenters. The summed E-state index contributed by atoms with van der Waals surface area (Å²) < 4.78 is 15.4. The van der Waals surface area contributed by atoms with Crippen molar-refractivity contribution in [1.29, 1.82) is 0 Å². The average Bonchev–Trinajstić information content (AvgIpc) is 3.30. The largest absolute Gasteiger partial charge is 1.00 e. The molecule has 0 fully saturated rings. The topological polar surface area (TPSA) is 18.5 Å². The van der Waals surface area contributed by atoms with Crippen LogP contribution in [-0.2, 0) is 29.8 Å². The van der Waals surface area contributed by atoms with Crippen LogP contribution in [0.2, 0.25) is 49.4 Å². The zero-order chi connectivity index (χ0) is 28.3. The summed E-state index contributed by atoms with van der Waals surface area (Å²) in [5.74, 6) is 1.54. The Hall–Kier alpha value is -0.366. The van der Waals surface area contributed by atoms with Crippen LogP contribution in [0.5, 0.6) is 0 Å². The van der Waals surface area contributed by atoms with Crippen molar-refractivity contribution in [2.75, 3.05) is 0 Å². The van der Waals surface area contributed by atoms with Gasteiger partial charge in [0.25, 0.3) is 0 Å². The molecule has 219 valence electrons. The molecule has 0 aromatic heterocycles. The molecule has 2 aliphatic rings. The second-order valence-corrected chi connectivity index (χ2v) is 44.1. The van der Waals surface area contributed by atoms with Gasteiger partial charge in [0.1, 0.15) is 0 Å². The van der Waals surface area contributed by atoms with Gasteiger partial charge in [-0.3, -0.25) is 0 Å². The molecule has 4 rings (SSSR count). The fourth-order valence-corrected chi connectivity index (χ4v) is 29.3. The first-order valence-electron chi connectivity index (χ1n) is 14.3. The zero-order valence-corrected chi connectivity index (χ0v) is 33.7. The number of rotatable bonds is 7. The molecule has 0 radical (unpaired) electrons. The molecule has 0 aliphatic heterocycles. The molecule has 0 spiro atoms. The molecule has 0 heterocycles. The van der Waals surface area contributed by atoms with Gasteiger partial charge in [-0.2, -0.15) is 0 Å². The van der Waals surface area contributed by atoms with Gasteiger partial charge < -0.3 is 24.8 Å². The molecule has 0 saturated heterocycles. The molecular formula is C32H49Cl2O2Si3Zr. The maximum Gasteiger partial charge on any atom is -1.00 e. The Bertz CT molecular complexity index is 1170. The van der Waals surface area contributed by atoms with Crippen molar-refractivity contribution in [3.8, 4) is 0 Å². The quantitative estimate of drug-likeness (QED) is 0.407. The molecule has 2 aromatic rings. The van der Waals surface area contributed by atoms with Crippen molar-refractivity contribution in [1.82, 2.24) is 0 Å². The van der Waals surface area contributed by atoms with Crippen LogP contribution in [0.25, 0.3) is 12.2 Å². The second kappa shape index (κ2) is 12.7. The smallest absolute Gasteiger partial charge is 1.00 e. The van der Waals surface area contributed by atoms with E-state index >= 15 is 0 Å². The van der Waals surface area contributed by atoms with E-state index in [1.54, 1.807) is 0 Å². The molecule has 0 amide bonds. The minimum absolute atomic E-state index is 0. The van der Waals surface area contributed by atoms with Crippen LogP contribution in [0.3, 0.4) is 0 Å². The summed E-state index contributed by atoms with van der Waals surface area (Å²) in [6.45, 7) is 29.0. The first-order chi connectivity index (χ1) is 17.4. The molecule has 2 aromatic carbocycles. The Balaban J connectivity index is 0.00000280. The number of benzene rings is 2. The van der Waals surface area contributed by atoms with Crippen LogP contribution in [0.4, 0.5) is 0 Å². The van der Waals surface area contributed by atoms with Crippen LogP contribution in [0.1, 0.15) is 71.0 Å². The summed E-state index contributed by atoms with van der Waals surface area (Å²) in [5.41, 5.74) is 5.79. The van der Waals surface area contributed by atoms with E-state index in [0.29, 0.717) is 7.25 Å². The third-order valence-corrected chi connectivity index (χ3v) is 39.5. The van der Waals surface area contributed by atoms with Crippen molar-refractivity contribution >= 4 is 34.7 Å². The van der Waals surface area contributed by atoms with Crippen molar-refractivity contribution < 1.29 is 54.6 Å². The third-order valence-electron chi connectivity index (χ3n) is 9.47. The monoisotopic (exact) mass is 709 g/mol. The molecule has 2 aliphatic carbocycles. The molecule has 2 nitrogen and oxygen atoms in total. The van der Waals surface area contributed by atoms with Crippen LogP contribution in [0, 0.1) is 0 Å². The van der Waals surface area contributed by atoms with Crippen molar-refractivity contribution in [2.24, 2.45) is 0 Å². The average molecular weight is 712 g/mol. The summed E-state index contributed by atoms with van der Waals surface area (Å²) in [6, 6.07) is 18.3. The summed E-state index contributed by atoms with van der Waals surface area (Å²) >= 11 is -2.30. The Morgan fingerprint density at radius 3 is 1.25 bits per heavy atom. The molecule has 40 heavy (non-hydrogen) atoms. The van der Waals surface area contributed by atoms with Crippen molar-refractivity contribution in [3.05, 3.63) is 82.3 Å². The zero-order valence-electron chi connectivity index (χ0n) is 26.6. The number of hydrogen-bond donors (Lipinski definition) is 0. The fourth-order valence-electron chi connectivity index (χ4n) is 5.18. The van der Waals surface area contributed by atoms with Crippen molar-refractivity contribution in [2.45, 2.75) is 98.2 Å². The standard InChI is InChI=1S/2C15H21OSi.C2H7Si.2ClH.Zr/c2*1-15(2,3)17(4,5)16-14-10-12-8-6-7-9-13(12)11-14;1-3-2;;;/h2*6-11H,1-5H3;3H,1-2H3;2*1H;/q;;;;;+2/p-2. The number of halogens is 2. The first-order valence-corrected chi connectivity index (χ1v) is 30.1. The second-order valence-electron chi connectivity index (χ2n) is 14.6. The normalized spacial score (nSPS) is 18.6. The fraction of sp³-hybridized carbons (Fsp3) is 0.500. The van der Waals surface area contributed by atoms with E-state index in [9.17, 15) is 0 Å². The van der Waals surface area contributed by atoms with Crippen molar-refractivity contribution in [3.63, 3.8) is 0 Å². The van der Waals surface area contributed by atoms with Gasteiger partial charge in [-0.05, 0) is 0 Å². The number of allylic oxidation sites excluding steroid dienone is 2. The molecule has 0 N–H and O–H groups in total. The maximum absolute atomic E-state index is 7.25. The van der Waals surface area contributed by atoms with Gasteiger partial charge in [0.05, 0.1) is 0 Å². The van der Waals surface area contributed by atoms with Gasteiger partial charge in [-0.25, -0.2) is 0 Å². The van der Waals surface area contributed by atoms with E-state index in [1.807, 2.05) is 0 Å². The van der Waals surface area contributed by atoms with Gasteiger partial charge in [0.15, 0.2) is 0 Å². The SMILES string of the molecule is C[SiH](C)[Zr+2]([C@@H]1C(O[Si](C)(C)C(C)(C)C)=Cc2ccccc21)[C@H]1C(O[Si](C)(C)C(C)(C)C)=Cc2ccccc21.[Cl-].[Cl-]. The van der Waals surface area contributed by atoms with Gasteiger partial charge >= 0.3 is 245 Å². The Kier molecular flexibility index (Phi) is 11.4. The Morgan fingerprint density at radius 1 is 0.625 bits per heavy atom. The summed E-state index contributed by atoms with van der Waals surface area (Å²) in [7, 11) is -3.97. The molecule has 0 saturated carbocycles. The molecular weight excluding hydrogens is 663 g/mol. The molecule has 8 heteroatoms. The van der Waals surface area contributed by atoms with Gasteiger partial charge in [0, 0.05) is 0 Å². The Labute approximate surface area is 267 Å². The molecule has 0 bridgehead atoms. The first kappa shape index (κ1) is 35.8. The van der Waals surface area contributed by atoms with Crippen LogP contribution >= 0.6 is 0 Å². The van der Waals surface area contributed by atoms with E-state index < -0.39 is 43.5 Å². The van der Waals surface area contributed by atoms with Crippen LogP contribution < -0.4 is 24.8 Å². The van der Waals surface area contributed by atoms with E-state index in [0.717, 1.165) is 0 Å². The number of fused-ring (bicyclic) bond motifs is 2. The third kappa shape index (κ3) is 6.89. The van der Waals surface area contributed by atoms with E-state index in [4.69, 9.17) is 8.85 Å². The van der Waals surface area contributed by atoms with Crippen LogP contribution in [0.15, 0.2) is 60.0 Å². The predicted octanol–water partition coefficient (Wildman–Crippen LogP) is 3.83. The minimum Gasteiger partial charge on any atom is -1.00 e. The summed E-state index contributed by atoms with van der Waals surface area (Å²) in [4.78, 5) is 0. The van der Waals surface area contributed by atoms with E-state index in [1.165, 1.54) is 33.8 Å². The summed E-state index contributed by atoms with van der Waals surface area (Å²) in [6.07, 6.45) is 4.83.